The van der Waals surface area contributed by atoms with Crippen LogP contribution in [-0.2, 0) is 31.4 Å². The highest BCUT2D eigenvalue weighted by atomic mass is 32.1. The highest BCUT2D eigenvalue weighted by Gasteiger charge is 2.44. The topological polar surface area (TPSA) is 125 Å². The zero-order valence-electron chi connectivity index (χ0n) is 19.9. The first-order valence-electron chi connectivity index (χ1n) is 11.7. The number of thiazole rings is 1. The first-order chi connectivity index (χ1) is 17.2. The molecule has 5 rings (SSSR count). The van der Waals surface area contributed by atoms with Crippen LogP contribution >= 0.6 is 11.3 Å². The van der Waals surface area contributed by atoms with Gasteiger partial charge in [0.05, 0.1) is 28.4 Å². The van der Waals surface area contributed by atoms with Crippen LogP contribution in [0.4, 0.5) is 0 Å². The Balaban J connectivity index is 1.72. The number of benzene rings is 2. The van der Waals surface area contributed by atoms with Crippen molar-refractivity contribution in [1.82, 2.24) is 14.5 Å². The summed E-state index contributed by atoms with van der Waals surface area (Å²) in [5, 5.41) is 22.5. The van der Waals surface area contributed by atoms with Crippen molar-refractivity contribution < 1.29 is 15.0 Å². The largest absolute Gasteiger partial charge is 0.478 e. The molecule has 36 heavy (non-hydrogen) atoms. The van der Waals surface area contributed by atoms with Crippen molar-refractivity contribution in [3.63, 3.8) is 0 Å². The molecule has 1 aliphatic carbocycles. The van der Waals surface area contributed by atoms with Gasteiger partial charge in [0, 0.05) is 11.1 Å². The van der Waals surface area contributed by atoms with E-state index < -0.39 is 22.8 Å². The Morgan fingerprint density at radius 3 is 2.69 bits per heavy atom. The summed E-state index contributed by atoms with van der Waals surface area (Å²) in [5.41, 5.74) is 0.509. The van der Waals surface area contributed by atoms with Gasteiger partial charge >= 0.3 is 11.7 Å². The molecule has 9 heteroatoms. The van der Waals surface area contributed by atoms with Gasteiger partial charge in [-0.3, -0.25) is 14.3 Å². The Hall–Kier alpha value is -3.82. The molecule has 3 N–H and O–H groups in total. The maximum atomic E-state index is 13.2. The lowest BCUT2D eigenvalue weighted by atomic mass is 9.82. The second kappa shape index (κ2) is 9.00. The number of aromatic amines is 1. The number of hydrogen-bond donors (Lipinski definition) is 3. The predicted octanol–water partition coefficient (Wildman–Crippen LogP) is 2.99. The van der Waals surface area contributed by atoms with Crippen LogP contribution in [0.2, 0.25) is 0 Å². The van der Waals surface area contributed by atoms with Gasteiger partial charge in [0.25, 0.3) is 5.56 Å². The van der Waals surface area contributed by atoms with Crippen molar-refractivity contribution in [1.29, 1.82) is 0 Å². The van der Waals surface area contributed by atoms with E-state index in [4.69, 9.17) is 0 Å². The summed E-state index contributed by atoms with van der Waals surface area (Å²) in [5.74, 6) is -1.08. The monoisotopic (exact) mass is 503 g/mol. The van der Waals surface area contributed by atoms with E-state index in [1.807, 2.05) is 19.1 Å². The first-order valence-corrected chi connectivity index (χ1v) is 12.5. The second-order valence-corrected chi connectivity index (χ2v) is 10.3. The Labute approximate surface area is 210 Å². The molecule has 0 saturated heterocycles. The lowest BCUT2D eigenvalue weighted by molar-refractivity contribution is 0.0696. The van der Waals surface area contributed by atoms with Crippen molar-refractivity contribution in [2.24, 2.45) is 0 Å². The van der Waals surface area contributed by atoms with Crippen LogP contribution in [0.1, 0.15) is 60.7 Å². The van der Waals surface area contributed by atoms with Crippen molar-refractivity contribution in [3.8, 4) is 0 Å². The third-order valence-electron chi connectivity index (χ3n) is 6.66. The van der Waals surface area contributed by atoms with Crippen LogP contribution in [0, 0.1) is 6.92 Å². The minimum Gasteiger partial charge on any atom is -0.478 e. The number of H-pyrrole nitrogens is 1. The molecule has 0 radical (unpaired) electrons. The van der Waals surface area contributed by atoms with Crippen molar-refractivity contribution in [2.45, 2.75) is 45.3 Å². The van der Waals surface area contributed by atoms with Gasteiger partial charge in [-0.15, -0.1) is 11.3 Å². The molecule has 2 heterocycles. The molecule has 0 saturated carbocycles. The van der Waals surface area contributed by atoms with E-state index in [9.17, 15) is 24.6 Å². The molecular formula is C27H25N3O5S. The summed E-state index contributed by atoms with van der Waals surface area (Å²) >= 11 is 1.49. The first kappa shape index (κ1) is 23.9. The number of hydrogen-bond acceptors (Lipinski definition) is 6. The number of nitrogens with one attached hydrogen (secondary N) is 1. The van der Waals surface area contributed by atoms with Crippen LogP contribution in [-0.4, -0.2) is 30.7 Å². The van der Waals surface area contributed by atoms with Crippen molar-refractivity contribution in [3.05, 3.63) is 118 Å². The molecule has 0 fully saturated rings. The number of carboxylic acid groups (broad SMARTS) is 1. The van der Waals surface area contributed by atoms with Crippen molar-refractivity contribution in [2.75, 3.05) is 0 Å². The van der Waals surface area contributed by atoms with E-state index >= 15 is 0 Å². The number of rotatable bonds is 5. The minimum absolute atomic E-state index is 0.00422. The van der Waals surface area contributed by atoms with Crippen LogP contribution in [0.15, 0.2) is 58.3 Å². The fourth-order valence-corrected chi connectivity index (χ4v) is 5.87. The summed E-state index contributed by atoms with van der Waals surface area (Å²) in [7, 11) is 0. The summed E-state index contributed by atoms with van der Waals surface area (Å²) in [6.07, 6.45) is 3.59. The van der Waals surface area contributed by atoms with Gasteiger partial charge in [0.15, 0.2) is 5.60 Å². The lowest BCUT2D eigenvalue weighted by Crippen LogP contribution is -2.41. The molecule has 1 aliphatic rings. The van der Waals surface area contributed by atoms with Gasteiger partial charge in [0.2, 0.25) is 0 Å². The Bertz CT molecular complexity index is 1620. The zero-order chi connectivity index (χ0) is 25.6. The molecule has 8 nitrogen and oxygen atoms in total. The number of aromatic nitrogens is 3. The maximum Gasteiger partial charge on any atom is 0.335 e. The number of aliphatic hydroxyl groups is 1. The number of aromatic carboxylic acids is 1. The summed E-state index contributed by atoms with van der Waals surface area (Å²) in [6, 6.07) is 12.1. The van der Waals surface area contributed by atoms with Crippen LogP contribution < -0.4 is 11.2 Å². The van der Waals surface area contributed by atoms with E-state index in [0.717, 1.165) is 27.4 Å². The van der Waals surface area contributed by atoms with Gasteiger partial charge in [-0.25, -0.2) is 14.6 Å². The van der Waals surface area contributed by atoms with E-state index in [0.29, 0.717) is 29.7 Å². The molecule has 184 valence electrons. The van der Waals surface area contributed by atoms with Crippen LogP contribution in [0.5, 0.6) is 0 Å². The van der Waals surface area contributed by atoms with Gasteiger partial charge < -0.3 is 10.2 Å². The van der Waals surface area contributed by atoms with E-state index in [1.165, 1.54) is 34.2 Å². The molecule has 2 aromatic heterocycles. The number of fused-ring (bicyclic) bond motifs is 2. The molecule has 0 amide bonds. The molecule has 0 aliphatic heterocycles. The minimum atomic E-state index is -1.86. The standard InChI is InChI=1S/C27H25N3O5S/c1-3-16-7-9-20-18(11-16)8-10-22-23(28-15(2)36-22)27(20,35)21-14-30(26(34)29-24(21)31)13-17-5-4-6-19(12-17)25(32)33/h4-7,9,11-12,14,35H,3,8,10,13H2,1-2H3,(H,32,33)(H,29,31,34). The highest BCUT2D eigenvalue weighted by Crippen LogP contribution is 2.43. The lowest BCUT2D eigenvalue weighted by Gasteiger charge is -2.29. The number of carboxylic acids is 1. The average Bonchev–Trinajstić information content (AvgIpc) is 3.20. The quantitative estimate of drug-likeness (QED) is 0.385. The van der Waals surface area contributed by atoms with E-state index in [1.54, 1.807) is 12.1 Å². The zero-order valence-corrected chi connectivity index (χ0v) is 20.7. The van der Waals surface area contributed by atoms with Gasteiger partial charge in [-0.2, -0.15) is 0 Å². The maximum absolute atomic E-state index is 13.2. The average molecular weight is 504 g/mol. The number of nitrogens with zero attached hydrogens (tertiary/aromatic N) is 2. The van der Waals surface area contributed by atoms with E-state index in [-0.39, 0.29) is 17.7 Å². The summed E-state index contributed by atoms with van der Waals surface area (Å²) in [4.78, 5) is 45.2. The molecule has 1 unspecified atom stereocenters. The van der Waals surface area contributed by atoms with E-state index in [2.05, 4.69) is 23.0 Å². The Morgan fingerprint density at radius 2 is 1.94 bits per heavy atom. The van der Waals surface area contributed by atoms with Crippen LogP contribution in [0.3, 0.4) is 0 Å². The highest BCUT2D eigenvalue weighted by molar-refractivity contribution is 7.11. The third kappa shape index (κ3) is 4.00. The predicted molar refractivity (Wildman–Crippen MR) is 136 cm³/mol. The Kier molecular flexibility index (Phi) is 5.97. The number of carbonyl (C=O) groups is 1. The molecule has 1 atom stereocenters. The molecule has 2 aromatic carbocycles. The second-order valence-electron chi connectivity index (χ2n) is 9.00. The fraction of sp³-hybridized carbons (Fsp3) is 0.259. The van der Waals surface area contributed by atoms with Crippen molar-refractivity contribution >= 4 is 17.3 Å². The molecule has 4 aromatic rings. The number of aryl methyl sites for hydroxylation is 4. The van der Waals surface area contributed by atoms with Gasteiger partial charge in [0.1, 0.15) is 0 Å². The third-order valence-corrected chi connectivity index (χ3v) is 7.69. The van der Waals surface area contributed by atoms with Crippen LogP contribution in [0.25, 0.3) is 0 Å². The van der Waals surface area contributed by atoms with Gasteiger partial charge in [-0.1, -0.05) is 37.3 Å². The molecule has 0 bridgehead atoms. The molecular weight excluding hydrogens is 478 g/mol. The van der Waals surface area contributed by atoms with Gasteiger partial charge in [-0.05, 0) is 60.6 Å². The normalized spacial score (nSPS) is 16.8. The summed E-state index contributed by atoms with van der Waals surface area (Å²) < 4.78 is 1.28. The Morgan fingerprint density at radius 1 is 1.14 bits per heavy atom. The molecule has 0 spiro atoms. The summed E-state index contributed by atoms with van der Waals surface area (Å²) in [6.45, 7) is 3.94. The smallest absolute Gasteiger partial charge is 0.335 e. The SMILES string of the molecule is CCc1ccc2c(c1)CCc1sc(C)nc1C2(O)c1cn(Cc2cccc(C(=O)O)c2)c(=O)[nH]c1=O. The fourth-order valence-electron chi connectivity index (χ4n) is 4.88.